The molecule has 0 fully saturated rings. The fourth-order valence-electron chi connectivity index (χ4n) is 11.3. The largest absolute Gasteiger partial charge is 0.388 e. The number of anilines is 4. The van der Waals surface area contributed by atoms with Crippen molar-refractivity contribution in [2.45, 2.75) is 122 Å². The fourth-order valence-corrected chi connectivity index (χ4v) is 11.3. The lowest BCUT2D eigenvalue weighted by atomic mass is 9.77. The van der Waals surface area contributed by atoms with E-state index in [1.165, 1.54) is 78.4 Å². The highest BCUT2D eigenvalue weighted by Gasteiger charge is 2.46. The molecule has 0 aliphatic carbocycles. The van der Waals surface area contributed by atoms with Crippen molar-refractivity contribution in [1.29, 1.82) is 0 Å². The van der Waals surface area contributed by atoms with Crippen molar-refractivity contribution in [1.82, 2.24) is 9.97 Å². The lowest BCUT2D eigenvalue weighted by Crippen LogP contribution is -2.73. The van der Waals surface area contributed by atoms with E-state index in [4.69, 9.17) is 0 Å². The number of rotatable bonds is 7. The van der Waals surface area contributed by atoms with Crippen LogP contribution in [-0.2, 0) is 28.2 Å². The summed E-state index contributed by atoms with van der Waals surface area (Å²) in [5.41, 5.74) is 19.0. The molecule has 8 nitrogen and oxygen atoms in total. The molecule has 8 heteroatoms. The molecule has 0 radical (unpaired) electrons. The van der Waals surface area contributed by atoms with E-state index in [2.05, 4.69) is 245 Å². The predicted octanol–water partition coefficient (Wildman–Crippen LogP) is 14.7. The summed E-state index contributed by atoms with van der Waals surface area (Å²) in [6.07, 6.45) is 2.18. The number of quaternary nitrogens is 1. The van der Waals surface area contributed by atoms with Crippen molar-refractivity contribution in [3.05, 3.63) is 209 Å². The van der Waals surface area contributed by atoms with Crippen LogP contribution < -0.4 is 26.3 Å². The van der Waals surface area contributed by atoms with Crippen LogP contribution in [0.15, 0.2) is 164 Å². The molecule has 0 spiro atoms. The van der Waals surface area contributed by atoms with Gasteiger partial charge in [-0.15, -0.1) is 0 Å². The number of hydrogen-bond donors (Lipinski definition) is 7. The number of fused-ring (bicyclic) bond motifs is 4. The van der Waals surface area contributed by atoms with Crippen LogP contribution in [0.3, 0.4) is 0 Å². The molecule has 3 aliphatic rings. The summed E-state index contributed by atoms with van der Waals surface area (Å²) in [4.78, 5) is 9.75. The molecule has 11 rings (SSSR count). The lowest BCUT2D eigenvalue weighted by molar-refractivity contribution is -0.825. The minimum absolute atomic E-state index is 0.0274. The molecule has 0 saturated carbocycles. The zero-order chi connectivity index (χ0) is 50.0. The number of nitrogens with one attached hydrogen (secondary N) is 5. The second-order valence-corrected chi connectivity index (χ2v) is 21.5. The molecule has 0 bridgehead atoms. The van der Waals surface area contributed by atoms with Crippen LogP contribution in [0.1, 0.15) is 139 Å². The number of hydrogen-bond acceptors (Lipinski definition) is 5. The van der Waals surface area contributed by atoms with Gasteiger partial charge in [0.2, 0.25) is 0 Å². The zero-order valence-electron chi connectivity index (χ0n) is 43.5. The highest BCUT2D eigenvalue weighted by Crippen LogP contribution is 2.55. The standard InChI is InChI=1S/C25H25N3O.C24H27N3.C11H17N.C2H6/c1-25(2)21-8-4-6-10-23(21)28(16-17-11-13-18(27-29)14-12-17)24(25)20-15-26-22-9-5-3-7-19(20)22;1-23(2)15-9-5-7-11-17(15)26-21(23)19-13-14-20(25-19)22-24(3,4)16-10-6-8-12-18(16)27-22;1-11(2,3)9-7-5-6-8-10(9)12-4;1-2/h3-15,24,26-27,29H,16H2,1-2H3;5-14,21-22,25-27H,1-4H3;5-8,12H,1-4H3;1-2H3/p+1. The van der Waals surface area contributed by atoms with E-state index in [9.17, 15) is 5.21 Å². The number of nitrogens with two attached hydrogens (primary N) is 1. The summed E-state index contributed by atoms with van der Waals surface area (Å²) in [7, 11) is 1.96. The van der Waals surface area contributed by atoms with Crippen molar-refractivity contribution >= 4 is 39.3 Å². The SMILES string of the molecule is CC.CC1(C)c2ccccc2N(Cc2ccc([NH2+]O)cc2)C1c1c[nH]c2ccccc12.CC1(C)c2ccccc2NC1c1ccc(C2Nc3ccccc3C2(C)C)[nH]1.CNc1ccccc1C(C)(C)C. The van der Waals surface area contributed by atoms with Crippen molar-refractivity contribution < 1.29 is 10.7 Å². The Balaban J connectivity index is 0.000000150. The van der Waals surface area contributed by atoms with E-state index in [1.807, 2.05) is 33.0 Å². The van der Waals surface area contributed by atoms with Crippen molar-refractivity contribution in [2.24, 2.45) is 0 Å². The molecule has 3 atom stereocenters. The van der Waals surface area contributed by atoms with Gasteiger partial charge in [-0.1, -0.05) is 179 Å². The monoisotopic (exact) mass is 935 g/mol. The molecule has 2 aromatic heterocycles. The third-order valence-corrected chi connectivity index (χ3v) is 14.9. The minimum Gasteiger partial charge on any atom is -0.388 e. The molecule has 8 aromatic rings. The van der Waals surface area contributed by atoms with Gasteiger partial charge in [0.15, 0.2) is 5.69 Å². The predicted molar refractivity (Wildman–Crippen MR) is 295 cm³/mol. The highest BCUT2D eigenvalue weighted by atomic mass is 16.5. The quantitative estimate of drug-likeness (QED) is 0.0637. The molecule has 70 heavy (non-hydrogen) atoms. The molecule has 364 valence electrons. The average molecular weight is 935 g/mol. The summed E-state index contributed by atoms with van der Waals surface area (Å²) in [6.45, 7) is 25.5. The van der Waals surface area contributed by atoms with E-state index < -0.39 is 0 Å². The normalized spacial score (nSPS) is 18.6. The summed E-state index contributed by atoms with van der Waals surface area (Å²) >= 11 is 0. The average Bonchev–Trinajstić information content (AvgIpc) is 4.18. The number of benzene rings is 6. The summed E-state index contributed by atoms with van der Waals surface area (Å²) in [6, 6.07) is 56.4. The van der Waals surface area contributed by atoms with Gasteiger partial charge in [-0.25, -0.2) is 5.21 Å². The molecular formula is C62H76N7O+. The number of aromatic nitrogens is 2. The molecule has 3 unspecified atom stereocenters. The third-order valence-electron chi connectivity index (χ3n) is 14.9. The Morgan fingerprint density at radius 2 is 1.11 bits per heavy atom. The maximum atomic E-state index is 9.24. The smallest absolute Gasteiger partial charge is 0.161 e. The number of para-hydroxylation sites is 5. The molecule has 5 heterocycles. The molecule has 3 aliphatic heterocycles. The first-order chi connectivity index (χ1) is 33.5. The van der Waals surface area contributed by atoms with Crippen LogP contribution in [0.4, 0.5) is 28.4 Å². The van der Waals surface area contributed by atoms with Crippen LogP contribution in [0.2, 0.25) is 0 Å². The van der Waals surface area contributed by atoms with E-state index >= 15 is 0 Å². The van der Waals surface area contributed by atoms with Crippen molar-refractivity contribution in [2.75, 3.05) is 27.9 Å². The van der Waals surface area contributed by atoms with Gasteiger partial charge < -0.3 is 30.8 Å². The van der Waals surface area contributed by atoms with Gasteiger partial charge in [0.05, 0.1) is 18.1 Å². The van der Waals surface area contributed by atoms with E-state index in [0.29, 0.717) is 0 Å². The third kappa shape index (κ3) is 9.35. The first-order valence-corrected chi connectivity index (χ1v) is 25.2. The maximum Gasteiger partial charge on any atom is 0.161 e. The Kier molecular flexibility index (Phi) is 14.1. The van der Waals surface area contributed by atoms with E-state index in [0.717, 1.165) is 17.7 Å². The second kappa shape index (κ2) is 19.9. The topological polar surface area (TPSA) is 108 Å². The highest BCUT2D eigenvalue weighted by molar-refractivity contribution is 5.85. The molecule has 0 saturated heterocycles. The van der Waals surface area contributed by atoms with Gasteiger partial charge in [-0.3, -0.25) is 0 Å². The molecule has 6 aromatic carbocycles. The first-order valence-electron chi connectivity index (χ1n) is 25.2. The van der Waals surface area contributed by atoms with Crippen LogP contribution in [0.5, 0.6) is 0 Å². The zero-order valence-corrected chi connectivity index (χ0v) is 43.5. The van der Waals surface area contributed by atoms with Crippen LogP contribution in [0.25, 0.3) is 10.9 Å². The number of H-pyrrole nitrogens is 2. The Morgan fingerprint density at radius 3 is 1.66 bits per heavy atom. The first kappa shape index (κ1) is 49.7. The van der Waals surface area contributed by atoms with Gasteiger partial charge >= 0.3 is 0 Å². The molecular weight excluding hydrogens is 859 g/mol. The van der Waals surface area contributed by atoms with Gasteiger partial charge in [0.25, 0.3) is 0 Å². The van der Waals surface area contributed by atoms with Crippen molar-refractivity contribution in [3.8, 4) is 0 Å². The summed E-state index contributed by atoms with van der Waals surface area (Å²) < 4.78 is 0. The Bertz CT molecular complexity index is 2940. The molecule has 8 N–H and O–H groups in total. The minimum atomic E-state index is -0.0274. The van der Waals surface area contributed by atoms with E-state index in [1.54, 1.807) is 0 Å². The fraction of sp³-hybridized carbons (Fsp3) is 0.323. The van der Waals surface area contributed by atoms with Crippen LogP contribution in [-0.4, -0.2) is 22.2 Å². The number of aromatic amines is 2. The van der Waals surface area contributed by atoms with Crippen LogP contribution in [0, 0.1) is 0 Å². The van der Waals surface area contributed by atoms with Gasteiger partial charge in [0.1, 0.15) is 0 Å². The Morgan fingerprint density at radius 1 is 0.600 bits per heavy atom. The number of nitrogens with zero attached hydrogens (tertiary/aromatic N) is 1. The maximum absolute atomic E-state index is 9.24. The van der Waals surface area contributed by atoms with Crippen molar-refractivity contribution in [3.63, 3.8) is 0 Å². The Labute approximate surface area is 417 Å². The second-order valence-electron chi connectivity index (χ2n) is 21.5. The van der Waals surface area contributed by atoms with Gasteiger partial charge in [-0.2, -0.15) is 5.48 Å². The lowest BCUT2D eigenvalue weighted by Gasteiger charge is -2.35. The van der Waals surface area contributed by atoms with E-state index in [-0.39, 0.29) is 39.8 Å². The Hall–Kier alpha value is -6.74. The van der Waals surface area contributed by atoms with Crippen LogP contribution >= 0.6 is 0 Å². The molecule has 0 amide bonds. The summed E-state index contributed by atoms with van der Waals surface area (Å²) in [5, 5.41) is 21.2. The summed E-state index contributed by atoms with van der Waals surface area (Å²) in [5.74, 6) is 0. The van der Waals surface area contributed by atoms with Gasteiger partial charge in [-0.05, 0) is 75.7 Å². The van der Waals surface area contributed by atoms with Gasteiger partial charge in [0, 0.05) is 98.8 Å².